The molecule has 1 aliphatic rings. The van der Waals surface area contributed by atoms with Gasteiger partial charge in [0.25, 0.3) is 0 Å². The third-order valence-corrected chi connectivity index (χ3v) is 6.31. The second-order valence-corrected chi connectivity index (χ2v) is 8.92. The summed E-state index contributed by atoms with van der Waals surface area (Å²) in [6.07, 6.45) is 5.75. The Morgan fingerprint density at radius 1 is 1.24 bits per heavy atom. The number of nitrogens with two attached hydrogens (primary N) is 1. The third kappa shape index (κ3) is 5.34. The fourth-order valence-electron chi connectivity index (χ4n) is 4.54. The maximum Gasteiger partial charge on any atom is 0.243 e. The molecule has 1 aliphatic heterocycles. The van der Waals surface area contributed by atoms with E-state index in [0.29, 0.717) is 18.8 Å². The highest BCUT2D eigenvalue weighted by atomic mass is 16.2. The van der Waals surface area contributed by atoms with Crippen LogP contribution in [0.5, 0.6) is 0 Å². The molecule has 2 amide bonds. The van der Waals surface area contributed by atoms with Crippen molar-refractivity contribution in [3.8, 4) is 0 Å². The molecule has 0 radical (unpaired) electrons. The van der Waals surface area contributed by atoms with Crippen molar-refractivity contribution in [3.05, 3.63) is 59.9 Å². The third-order valence-electron chi connectivity index (χ3n) is 6.31. The molecule has 1 aromatic carbocycles. The molecule has 174 valence electrons. The summed E-state index contributed by atoms with van der Waals surface area (Å²) in [6, 6.07) is 10.9. The van der Waals surface area contributed by atoms with E-state index in [1.54, 1.807) is 12.3 Å². The lowest BCUT2D eigenvalue weighted by Crippen LogP contribution is -2.53. The summed E-state index contributed by atoms with van der Waals surface area (Å²) in [7, 11) is 0. The van der Waals surface area contributed by atoms with Crippen LogP contribution in [-0.4, -0.2) is 51.4 Å². The van der Waals surface area contributed by atoms with Gasteiger partial charge in [0, 0.05) is 42.3 Å². The molecular formula is C25H32N6O2. The Bertz CT molecular complexity index is 1110. The van der Waals surface area contributed by atoms with Crippen molar-refractivity contribution < 1.29 is 9.59 Å². The first kappa shape index (κ1) is 22.8. The van der Waals surface area contributed by atoms with E-state index in [-0.39, 0.29) is 23.9 Å². The number of benzene rings is 1. The van der Waals surface area contributed by atoms with Crippen LogP contribution in [0.1, 0.15) is 37.8 Å². The lowest BCUT2D eigenvalue weighted by atomic mass is 10.0. The number of aromatic nitrogens is 2. The van der Waals surface area contributed by atoms with Gasteiger partial charge in [0.1, 0.15) is 11.9 Å². The van der Waals surface area contributed by atoms with Crippen LogP contribution in [0.15, 0.2) is 48.8 Å². The van der Waals surface area contributed by atoms with Gasteiger partial charge in [0.15, 0.2) is 0 Å². The molecule has 8 heteroatoms. The second kappa shape index (κ2) is 10.0. The monoisotopic (exact) mass is 448 g/mol. The number of hydrogen-bond acceptors (Lipinski definition) is 5. The van der Waals surface area contributed by atoms with Gasteiger partial charge < -0.3 is 21.4 Å². The van der Waals surface area contributed by atoms with E-state index in [4.69, 9.17) is 5.73 Å². The normalized spacial score (nSPS) is 17.4. The first-order chi connectivity index (χ1) is 15.9. The topological polar surface area (TPSA) is 116 Å². The number of likely N-dealkylation sites (tertiary alicyclic amines) is 1. The molecule has 0 aliphatic carbocycles. The standard InChI is InChI=1S/C25H32N6O2/c1-16(2)31-11-5-8-22(31)25(33)30-21(12-18-15-27-20-7-4-3-6-19(18)20)24(32)29-14-17-9-10-23(26)28-13-17/h3-4,6-7,9-10,13,15-16,21-22,27H,5,8,11-12,14H2,1-2H3,(H2,26,28)(H,29,32)(H,30,33)/t21-,22?/m0/s1. The highest BCUT2D eigenvalue weighted by Gasteiger charge is 2.34. The van der Waals surface area contributed by atoms with Gasteiger partial charge in [-0.1, -0.05) is 24.3 Å². The lowest BCUT2D eigenvalue weighted by Gasteiger charge is -2.29. The molecule has 3 heterocycles. The van der Waals surface area contributed by atoms with Gasteiger partial charge >= 0.3 is 0 Å². The minimum atomic E-state index is -0.687. The van der Waals surface area contributed by atoms with E-state index >= 15 is 0 Å². The summed E-state index contributed by atoms with van der Waals surface area (Å²) in [5.74, 6) is 0.121. The summed E-state index contributed by atoms with van der Waals surface area (Å²) in [6.45, 7) is 5.41. The van der Waals surface area contributed by atoms with Crippen LogP contribution in [0.3, 0.4) is 0 Å². The number of fused-ring (bicyclic) bond motifs is 1. The van der Waals surface area contributed by atoms with E-state index in [1.807, 2.05) is 36.5 Å². The second-order valence-electron chi connectivity index (χ2n) is 8.92. The summed E-state index contributed by atoms with van der Waals surface area (Å²) in [4.78, 5) is 36.0. The van der Waals surface area contributed by atoms with Crippen LogP contribution in [0.25, 0.3) is 10.9 Å². The molecule has 0 bridgehead atoms. The van der Waals surface area contributed by atoms with Crippen molar-refractivity contribution >= 4 is 28.5 Å². The molecule has 2 aromatic heterocycles. The Labute approximate surface area is 193 Å². The number of nitrogen functional groups attached to an aromatic ring is 1. The molecule has 1 fully saturated rings. The zero-order chi connectivity index (χ0) is 23.4. The van der Waals surface area contributed by atoms with Crippen molar-refractivity contribution in [1.29, 1.82) is 0 Å². The molecular weight excluding hydrogens is 416 g/mol. The number of hydrogen-bond donors (Lipinski definition) is 4. The Hall–Kier alpha value is -3.39. The predicted molar refractivity (Wildman–Crippen MR) is 129 cm³/mol. The van der Waals surface area contributed by atoms with Gasteiger partial charge in [-0.15, -0.1) is 0 Å². The first-order valence-corrected chi connectivity index (χ1v) is 11.5. The van der Waals surface area contributed by atoms with Crippen LogP contribution < -0.4 is 16.4 Å². The Morgan fingerprint density at radius 2 is 2.06 bits per heavy atom. The summed E-state index contributed by atoms with van der Waals surface area (Å²) >= 11 is 0. The minimum absolute atomic E-state index is 0.0876. The molecule has 0 saturated carbocycles. The number of amides is 2. The van der Waals surface area contributed by atoms with Gasteiger partial charge in [-0.25, -0.2) is 4.98 Å². The Morgan fingerprint density at radius 3 is 2.82 bits per heavy atom. The maximum atomic E-state index is 13.2. The van der Waals surface area contributed by atoms with Crippen LogP contribution in [0.2, 0.25) is 0 Å². The Balaban J connectivity index is 1.51. The molecule has 8 nitrogen and oxygen atoms in total. The van der Waals surface area contributed by atoms with Gasteiger partial charge in [0.05, 0.1) is 6.04 Å². The van der Waals surface area contributed by atoms with Crippen LogP contribution in [0, 0.1) is 0 Å². The maximum absolute atomic E-state index is 13.2. The van der Waals surface area contributed by atoms with E-state index in [9.17, 15) is 9.59 Å². The van der Waals surface area contributed by atoms with E-state index in [2.05, 4.69) is 39.3 Å². The number of anilines is 1. The summed E-state index contributed by atoms with van der Waals surface area (Å²) in [5.41, 5.74) is 8.49. The largest absolute Gasteiger partial charge is 0.384 e. The highest BCUT2D eigenvalue weighted by Crippen LogP contribution is 2.22. The molecule has 33 heavy (non-hydrogen) atoms. The molecule has 1 unspecified atom stereocenters. The lowest BCUT2D eigenvalue weighted by molar-refractivity contribution is -0.131. The fraction of sp³-hybridized carbons (Fsp3) is 0.400. The molecule has 2 atom stereocenters. The van der Waals surface area contributed by atoms with Gasteiger partial charge in [0.2, 0.25) is 11.8 Å². The SMILES string of the molecule is CC(C)N1CCCC1C(=O)N[C@@H](Cc1c[nH]c2ccccc12)C(=O)NCc1ccc(N)nc1. The highest BCUT2D eigenvalue weighted by molar-refractivity contribution is 5.91. The summed E-state index contributed by atoms with van der Waals surface area (Å²) in [5, 5.41) is 7.05. The quantitative estimate of drug-likeness (QED) is 0.422. The molecule has 5 N–H and O–H groups in total. The molecule has 3 aromatic rings. The average molecular weight is 449 g/mol. The minimum Gasteiger partial charge on any atom is -0.384 e. The fourth-order valence-corrected chi connectivity index (χ4v) is 4.54. The smallest absolute Gasteiger partial charge is 0.243 e. The van der Waals surface area contributed by atoms with E-state index in [0.717, 1.165) is 41.4 Å². The van der Waals surface area contributed by atoms with Crippen molar-refractivity contribution in [2.45, 2.75) is 57.8 Å². The zero-order valence-corrected chi connectivity index (χ0v) is 19.2. The number of carbonyl (C=O) groups excluding carboxylic acids is 2. The number of carbonyl (C=O) groups is 2. The Kier molecular flexibility index (Phi) is 6.93. The van der Waals surface area contributed by atoms with E-state index in [1.165, 1.54) is 0 Å². The van der Waals surface area contributed by atoms with Crippen LogP contribution >= 0.6 is 0 Å². The van der Waals surface area contributed by atoms with Crippen LogP contribution in [-0.2, 0) is 22.6 Å². The van der Waals surface area contributed by atoms with Gasteiger partial charge in [-0.2, -0.15) is 0 Å². The van der Waals surface area contributed by atoms with Gasteiger partial charge in [-0.05, 0) is 56.5 Å². The predicted octanol–water partition coefficient (Wildman–Crippen LogP) is 2.36. The van der Waals surface area contributed by atoms with Crippen LogP contribution in [0.4, 0.5) is 5.82 Å². The zero-order valence-electron chi connectivity index (χ0n) is 19.2. The number of H-pyrrole nitrogens is 1. The van der Waals surface area contributed by atoms with Crippen molar-refractivity contribution in [3.63, 3.8) is 0 Å². The molecule has 4 rings (SSSR count). The number of rotatable bonds is 8. The number of nitrogens with one attached hydrogen (secondary N) is 3. The number of pyridine rings is 1. The summed E-state index contributed by atoms with van der Waals surface area (Å²) < 4.78 is 0. The van der Waals surface area contributed by atoms with Crippen molar-refractivity contribution in [2.24, 2.45) is 0 Å². The van der Waals surface area contributed by atoms with Gasteiger partial charge in [-0.3, -0.25) is 14.5 Å². The first-order valence-electron chi connectivity index (χ1n) is 11.5. The molecule has 0 spiro atoms. The number of aromatic amines is 1. The average Bonchev–Trinajstić information content (AvgIpc) is 3.46. The number of para-hydroxylation sites is 1. The van der Waals surface area contributed by atoms with Crippen molar-refractivity contribution in [1.82, 2.24) is 25.5 Å². The number of nitrogens with zero attached hydrogens (tertiary/aromatic N) is 2. The van der Waals surface area contributed by atoms with E-state index < -0.39 is 6.04 Å². The van der Waals surface area contributed by atoms with Crippen molar-refractivity contribution in [2.75, 3.05) is 12.3 Å². The molecule has 1 saturated heterocycles.